The lowest BCUT2D eigenvalue weighted by molar-refractivity contribution is -0.104. The molecule has 2 nitrogen and oxygen atoms in total. The van der Waals surface area contributed by atoms with Gasteiger partial charge >= 0.3 is 0 Å². The number of hydrogen-bond donors (Lipinski definition) is 1. The van der Waals surface area contributed by atoms with E-state index in [9.17, 15) is 9.90 Å². The Morgan fingerprint density at radius 2 is 1.73 bits per heavy atom. The summed E-state index contributed by atoms with van der Waals surface area (Å²) in [6, 6.07) is 11.0. The minimum atomic E-state index is 0.258. The fourth-order valence-electron chi connectivity index (χ4n) is 1.59. The number of aldehydes is 1. The summed E-state index contributed by atoms with van der Waals surface area (Å²) in [6.07, 6.45) is 3.91. The Kier molecular flexibility index (Phi) is 2.50. The van der Waals surface area contributed by atoms with Crippen LogP contribution in [0.15, 0.2) is 42.5 Å². The molecule has 0 bridgehead atoms. The summed E-state index contributed by atoms with van der Waals surface area (Å²) < 4.78 is 0. The van der Waals surface area contributed by atoms with Gasteiger partial charge in [0.25, 0.3) is 0 Å². The van der Waals surface area contributed by atoms with E-state index in [0.29, 0.717) is 0 Å². The van der Waals surface area contributed by atoms with E-state index in [4.69, 9.17) is 0 Å². The first-order valence-electron chi connectivity index (χ1n) is 4.65. The third-order valence-electron chi connectivity index (χ3n) is 2.29. The first kappa shape index (κ1) is 9.46. The van der Waals surface area contributed by atoms with Crippen molar-refractivity contribution in [1.82, 2.24) is 0 Å². The first-order chi connectivity index (χ1) is 7.33. The molecular formula is C13H10O2. The predicted octanol–water partition coefficient (Wildman–Crippen LogP) is 2.76. The molecule has 2 aromatic carbocycles. The molecule has 0 radical (unpaired) electrons. The van der Waals surface area contributed by atoms with E-state index in [1.54, 1.807) is 18.2 Å². The highest BCUT2D eigenvalue weighted by Gasteiger charge is 2.01. The summed E-state index contributed by atoms with van der Waals surface area (Å²) in [7, 11) is 0. The van der Waals surface area contributed by atoms with Gasteiger partial charge in [0, 0.05) is 5.39 Å². The molecular weight excluding hydrogens is 188 g/mol. The van der Waals surface area contributed by atoms with Crippen molar-refractivity contribution in [3.05, 3.63) is 48.0 Å². The van der Waals surface area contributed by atoms with Crippen molar-refractivity contribution in [2.75, 3.05) is 0 Å². The van der Waals surface area contributed by atoms with Crippen LogP contribution in [-0.4, -0.2) is 11.4 Å². The predicted molar refractivity (Wildman–Crippen MR) is 60.7 cm³/mol. The third kappa shape index (κ3) is 1.74. The largest absolute Gasteiger partial charge is 0.507 e. The summed E-state index contributed by atoms with van der Waals surface area (Å²) >= 11 is 0. The van der Waals surface area contributed by atoms with Gasteiger partial charge in [-0.1, -0.05) is 36.4 Å². The van der Waals surface area contributed by atoms with E-state index >= 15 is 0 Å². The van der Waals surface area contributed by atoms with Crippen molar-refractivity contribution in [3.63, 3.8) is 0 Å². The lowest BCUT2D eigenvalue weighted by atomic mass is 10.0. The Bertz CT molecular complexity index is 527. The van der Waals surface area contributed by atoms with Gasteiger partial charge in [-0.2, -0.15) is 0 Å². The second kappa shape index (κ2) is 3.96. The molecule has 0 aromatic heterocycles. The van der Waals surface area contributed by atoms with Crippen molar-refractivity contribution < 1.29 is 9.90 Å². The van der Waals surface area contributed by atoms with Crippen LogP contribution in [0.3, 0.4) is 0 Å². The third-order valence-corrected chi connectivity index (χ3v) is 2.29. The van der Waals surface area contributed by atoms with E-state index in [0.717, 1.165) is 22.6 Å². The van der Waals surface area contributed by atoms with Crippen LogP contribution >= 0.6 is 0 Å². The van der Waals surface area contributed by atoms with Crippen LogP contribution in [0, 0.1) is 0 Å². The van der Waals surface area contributed by atoms with Gasteiger partial charge in [-0.15, -0.1) is 0 Å². The number of phenols is 1. The van der Waals surface area contributed by atoms with Crippen LogP contribution in [0.1, 0.15) is 5.56 Å². The molecule has 2 heteroatoms. The van der Waals surface area contributed by atoms with Crippen molar-refractivity contribution in [2.24, 2.45) is 0 Å². The topological polar surface area (TPSA) is 37.3 Å². The number of rotatable bonds is 2. The zero-order chi connectivity index (χ0) is 10.7. The molecule has 0 amide bonds. The second-order valence-corrected chi connectivity index (χ2v) is 3.21. The number of hydrogen-bond acceptors (Lipinski definition) is 2. The highest BCUT2D eigenvalue weighted by molar-refractivity contribution is 5.95. The standard InChI is InChI=1S/C13H10O2/c14-9-3-4-10-7-8-13(15)12-6-2-1-5-11(10)12/h1-9,15H. The molecule has 1 N–H and O–H groups in total. The van der Waals surface area contributed by atoms with Gasteiger partial charge in [-0.25, -0.2) is 0 Å². The van der Waals surface area contributed by atoms with Gasteiger partial charge in [0.2, 0.25) is 0 Å². The van der Waals surface area contributed by atoms with Crippen LogP contribution in [0.4, 0.5) is 0 Å². The van der Waals surface area contributed by atoms with E-state index in [1.807, 2.05) is 24.3 Å². The monoisotopic (exact) mass is 198 g/mol. The molecule has 0 saturated carbocycles. The molecule has 0 saturated heterocycles. The van der Waals surface area contributed by atoms with Crippen LogP contribution < -0.4 is 0 Å². The van der Waals surface area contributed by atoms with Crippen molar-refractivity contribution in [3.8, 4) is 5.75 Å². The average Bonchev–Trinajstić information content (AvgIpc) is 2.29. The minimum Gasteiger partial charge on any atom is -0.507 e. The maximum Gasteiger partial charge on any atom is 0.142 e. The average molecular weight is 198 g/mol. The van der Waals surface area contributed by atoms with Gasteiger partial charge in [-0.3, -0.25) is 4.79 Å². The maximum absolute atomic E-state index is 10.2. The van der Waals surface area contributed by atoms with Crippen LogP contribution in [0.25, 0.3) is 16.8 Å². The smallest absolute Gasteiger partial charge is 0.142 e. The summed E-state index contributed by atoms with van der Waals surface area (Å²) in [4.78, 5) is 10.2. The fourth-order valence-corrected chi connectivity index (χ4v) is 1.59. The molecule has 0 heterocycles. The Morgan fingerprint density at radius 1 is 1.00 bits per heavy atom. The SMILES string of the molecule is O=CC=Cc1ccc(O)c2ccccc12. The van der Waals surface area contributed by atoms with E-state index in [2.05, 4.69) is 0 Å². The Labute approximate surface area is 87.5 Å². The first-order valence-corrected chi connectivity index (χ1v) is 4.65. The highest BCUT2D eigenvalue weighted by Crippen LogP contribution is 2.27. The van der Waals surface area contributed by atoms with E-state index in [1.165, 1.54) is 6.08 Å². The molecule has 74 valence electrons. The molecule has 0 aliphatic carbocycles. The Balaban J connectivity index is 2.71. The maximum atomic E-state index is 10.2. The van der Waals surface area contributed by atoms with Gasteiger partial charge in [0.05, 0.1) is 0 Å². The van der Waals surface area contributed by atoms with Crippen LogP contribution in [0.2, 0.25) is 0 Å². The fraction of sp³-hybridized carbons (Fsp3) is 0. The summed E-state index contributed by atoms with van der Waals surface area (Å²) in [6.45, 7) is 0. The molecule has 0 aliphatic rings. The van der Waals surface area contributed by atoms with Gasteiger partial charge < -0.3 is 5.11 Å². The van der Waals surface area contributed by atoms with Crippen molar-refractivity contribution >= 4 is 23.1 Å². The molecule has 0 unspecified atom stereocenters. The van der Waals surface area contributed by atoms with Gasteiger partial charge in [-0.05, 0) is 23.1 Å². The number of fused-ring (bicyclic) bond motifs is 1. The summed E-state index contributed by atoms with van der Waals surface area (Å²) in [5.74, 6) is 0.258. The number of phenolic OH excluding ortho intramolecular Hbond substituents is 1. The second-order valence-electron chi connectivity index (χ2n) is 3.21. The summed E-state index contributed by atoms with van der Waals surface area (Å²) in [5.41, 5.74) is 0.926. The molecule has 15 heavy (non-hydrogen) atoms. The number of benzene rings is 2. The number of aromatic hydroxyl groups is 1. The Morgan fingerprint density at radius 3 is 2.47 bits per heavy atom. The number of allylic oxidation sites excluding steroid dienone is 1. The normalized spacial score (nSPS) is 10.9. The van der Waals surface area contributed by atoms with Crippen LogP contribution in [-0.2, 0) is 4.79 Å². The zero-order valence-corrected chi connectivity index (χ0v) is 8.05. The Hall–Kier alpha value is -2.09. The molecule has 0 spiro atoms. The minimum absolute atomic E-state index is 0.258. The molecule has 2 aromatic rings. The summed E-state index contributed by atoms with van der Waals surface area (Å²) in [5, 5.41) is 11.4. The van der Waals surface area contributed by atoms with E-state index in [-0.39, 0.29) is 5.75 Å². The quantitative estimate of drug-likeness (QED) is 0.595. The molecule has 0 aliphatic heterocycles. The van der Waals surface area contributed by atoms with Gasteiger partial charge in [0.1, 0.15) is 12.0 Å². The number of carbonyl (C=O) groups excluding carboxylic acids is 1. The lowest BCUT2D eigenvalue weighted by Gasteiger charge is -2.03. The van der Waals surface area contributed by atoms with Crippen LogP contribution in [0.5, 0.6) is 5.75 Å². The zero-order valence-electron chi connectivity index (χ0n) is 8.05. The highest BCUT2D eigenvalue weighted by atomic mass is 16.3. The van der Waals surface area contributed by atoms with Crippen molar-refractivity contribution in [1.29, 1.82) is 0 Å². The van der Waals surface area contributed by atoms with Gasteiger partial charge in [0.15, 0.2) is 0 Å². The lowest BCUT2D eigenvalue weighted by Crippen LogP contribution is -1.79. The number of carbonyl (C=O) groups is 1. The van der Waals surface area contributed by atoms with E-state index < -0.39 is 0 Å². The van der Waals surface area contributed by atoms with Crippen molar-refractivity contribution in [2.45, 2.75) is 0 Å². The molecule has 0 atom stereocenters. The molecule has 2 rings (SSSR count). The molecule has 0 fully saturated rings.